The molecule has 1 amide bonds. The molecule has 0 aromatic heterocycles. The fourth-order valence-electron chi connectivity index (χ4n) is 1.95. The SMILES string of the molecule is Cc1ccccc1NC(=O)COC(=O)c1cc(S(N)(=O)=O)ccc1F. The molecule has 0 heterocycles. The lowest BCUT2D eigenvalue weighted by Gasteiger charge is -2.09. The highest BCUT2D eigenvalue weighted by atomic mass is 32.2. The van der Waals surface area contributed by atoms with Gasteiger partial charge in [-0.25, -0.2) is 22.7 Å². The van der Waals surface area contributed by atoms with Gasteiger partial charge in [-0.05, 0) is 36.8 Å². The van der Waals surface area contributed by atoms with Crippen molar-refractivity contribution in [2.24, 2.45) is 5.14 Å². The van der Waals surface area contributed by atoms with Crippen molar-refractivity contribution in [2.45, 2.75) is 11.8 Å². The van der Waals surface area contributed by atoms with Gasteiger partial charge in [0.15, 0.2) is 6.61 Å². The fourth-order valence-corrected chi connectivity index (χ4v) is 2.49. The summed E-state index contributed by atoms with van der Waals surface area (Å²) in [5, 5.41) is 7.47. The van der Waals surface area contributed by atoms with Crippen molar-refractivity contribution in [1.29, 1.82) is 0 Å². The molecule has 0 aliphatic heterocycles. The van der Waals surface area contributed by atoms with Crippen LogP contribution in [0.2, 0.25) is 0 Å². The van der Waals surface area contributed by atoms with Crippen molar-refractivity contribution < 1.29 is 27.1 Å². The highest BCUT2D eigenvalue weighted by Gasteiger charge is 2.19. The smallest absolute Gasteiger partial charge is 0.341 e. The number of aryl methyl sites for hydroxylation is 1. The summed E-state index contributed by atoms with van der Waals surface area (Å²) in [5.74, 6) is -2.79. The number of anilines is 1. The number of nitrogens with two attached hydrogens (primary N) is 1. The molecule has 0 radical (unpaired) electrons. The van der Waals surface area contributed by atoms with Gasteiger partial charge in [0.05, 0.1) is 10.5 Å². The Bertz CT molecular complexity index is 928. The summed E-state index contributed by atoms with van der Waals surface area (Å²) in [6.07, 6.45) is 0. The van der Waals surface area contributed by atoms with Crippen molar-refractivity contribution in [3.8, 4) is 0 Å². The first-order valence-electron chi connectivity index (χ1n) is 7.03. The van der Waals surface area contributed by atoms with Gasteiger partial charge >= 0.3 is 5.97 Å². The Kier molecular flexibility index (Phi) is 5.50. The van der Waals surface area contributed by atoms with Crippen LogP contribution in [0.15, 0.2) is 47.4 Å². The number of amides is 1. The number of primary sulfonamides is 1. The molecule has 2 aromatic carbocycles. The maximum Gasteiger partial charge on any atom is 0.341 e. The van der Waals surface area contributed by atoms with E-state index in [0.717, 1.165) is 23.8 Å². The Labute approximate surface area is 143 Å². The molecule has 3 N–H and O–H groups in total. The molecule has 0 aliphatic rings. The normalized spacial score (nSPS) is 11.0. The highest BCUT2D eigenvalue weighted by molar-refractivity contribution is 7.89. The van der Waals surface area contributed by atoms with Gasteiger partial charge in [0.25, 0.3) is 5.91 Å². The van der Waals surface area contributed by atoms with E-state index >= 15 is 0 Å². The van der Waals surface area contributed by atoms with Gasteiger partial charge in [-0.3, -0.25) is 4.79 Å². The van der Waals surface area contributed by atoms with Crippen LogP contribution in [0.25, 0.3) is 0 Å². The lowest BCUT2D eigenvalue weighted by atomic mass is 10.2. The molecule has 0 atom stereocenters. The third kappa shape index (κ3) is 4.85. The van der Waals surface area contributed by atoms with Gasteiger partial charge in [-0.2, -0.15) is 0 Å². The van der Waals surface area contributed by atoms with Crippen LogP contribution in [0.5, 0.6) is 0 Å². The summed E-state index contributed by atoms with van der Waals surface area (Å²) in [6.45, 7) is 1.13. The first-order valence-corrected chi connectivity index (χ1v) is 8.58. The van der Waals surface area contributed by atoms with Gasteiger partial charge in [-0.15, -0.1) is 0 Å². The van der Waals surface area contributed by atoms with Crippen molar-refractivity contribution in [1.82, 2.24) is 0 Å². The average molecular weight is 366 g/mol. The zero-order chi connectivity index (χ0) is 18.6. The second kappa shape index (κ2) is 7.41. The lowest BCUT2D eigenvalue weighted by Crippen LogP contribution is -2.22. The number of carbonyl (C=O) groups is 2. The largest absolute Gasteiger partial charge is 0.452 e. The van der Waals surface area contributed by atoms with E-state index < -0.39 is 44.8 Å². The van der Waals surface area contributed by atoms with E-state index in [-0.39, 0.29) is 0 Å². The molecule has 0 bridgehead atoms. The quantitative estimate of drug-likeness (QED) is 0.780. The van der Waals surface area contributed by atoms with Gasteiger partial charge in [0.1, 0.15) is 5.82 Å². The van der Waals surface area contributed by atoms with Crippen LogP contribution in [0.1, 0.15) is 15.9 Å². The van der Waals surface area contributed by atoms with E-state index in [0.29, 0.717) is 5.69 Å². The predicted molar refractivity (Wildman–Crippen MR) is 87.9 cm³/mol. The predicted octanol–water partition coefficient (Wildman–Crippen LogP) is 1.58. The molecule has 0 saturated carbocycles. The molecule has 7 nitrogen and oxygen atoms in total. The third-order valence-corrected chi connectivity index (χ3v) is 4.15. The minimum atomic E-state index is -4.11. The van der Waals surface area contributed by atoms with E-state index in [4.69, 9.17) is 9.88 Å². The third-order valence-electron chi connectivity index (χ3n) is 3.24. The van der Waals surface area contributed by atoms with E-state index in [2.05, 4.69) is 5.32 Å². The lowest BCUT2D eigenvalue weighted by molar-refractivity contribution is -0.119. The number of nitrogens with one attached hydrogen (secondary N) is 1. The van der Waals surface area contributed by atoms with Crippen LogP contribution in [0.4, 0.5) is 10.1 Å². The van der Waals surface area contributed by atoms with E-state index in [1.54, 1.807) is 31.2 Å². The van der Waals surface area contributed by atoms with Gasteiger partial charge in [-0.1, -0.05) is 18.2 Å². The Morgan fingerprint density at radius 2 is 1.88 bits per heavy atom. The molecule has 2 rings (SSSR count). The first-order chi connectivity index (χ1) is 11.7. The molecule has 25 heavy (non-hydrogen) atoms. The van der Waals surface area contributed by atoms with E-state index in [1.807, 2.05) is 0 Å². The summed E-state index contributed by atoms with van der Waals surface area (Å²) in [5.41, 5.74) is 0.732. The minimum absolute atomic E-state index is 0.440. The summed E-state index contributed by atoms with van der Waals surface area (Å²) in [4.78, 5) is 23.3. The standard InChI is InChI=1S/C16H15FN2O5S/c1-10-4-2-3-5-14(10)19-15(20)9-24-16(21)12-8-11(25(18,22)23)6-7-13(12)17/h2-8H,9H2,1H3,(H,19,20)(H2,18,22,23). The van der Waals surface area contributed by atoms with E-state index in [9.17, 15) is 22.4 Å². The topological polar surface area (TPSA) is 116 Å². The van der Waals surface area contributed by atoms with Crippen LogP contribution in [0.3, 0.4) is 0 Å². The van der Waals surface area contributed by atoms with Crippen LogP contribution in [-0.4, -0.2) is 26.9 Å². The molecule has 0 unspecified atom stereocenters. The molecule has 132 valence electrons. The highest BCUT2D eigenvalue weighted by Crippen LogP contribution is 2.16. The van der Waals surface area contributed by atoms with Gasteiger partial charge < -0.3 is 10.1 Å². The molecule has 0 aliphatic carbocycles. The minimum Gasteiger partial charge on any atom is -0.452 e. The molecule has 0 saturated heterocycles. The maximum atomic E-state index is 13.7. The summed E-state index contributed by atoms with van der Waals surface area (Å²) in [7, 11) is -4.11. The van der Waals surface area contributed by atoms with Gasteiger partial charge in [0.2, 0.25) is 10.0 Å². The second-order valence-corrected chi connectivity index (χ2v) is 6.69. The maximum absolute atomic E-state index is 13.7. The number of rotatable bonds is 5. The first kappa shape index (κ1) is 18.6. The molecule has 9 heteroatoms. The molecular formula is C16H15FN2O5S. The molecule has 2 aromatic rings. The monoisotopic (exact) mass is 366 g/mol. The number of esters is 1. The Morgan fingerprint density at radius 3 is 2.52 bits per heavy atom. The molecule has 0 fully saturated rings. The Morgan fingerprint density at radius 1 is 1.20 bits per heavy atom. The fraction of sp³-hybridized carbons (Fsp3) is 0.125. The molecule has 0 spiro atoms. The van der Waals surface area contributed by atoms with Crippen LogP contribution >= 0.6 is 0 Å². The number of ether oxygens (including phenoxy) is 1. The number of benzene rings is 2. The number of hydrogen-bond donors (Lipinski definition) is 2. The van der Waals surface area contributed by atoms with Crippen molar-refractivity contribution in [3.63, 3.8) is 0 Å². The summed E-state index contributed by atoms with van der Waals surface area (Å²) >= 11 is 0. The van der Waals surface area contributed by atoms with Crippen molar-refractivity contribution in [3.05, 3.63) is 59.4 Å². The zero-order valence-electron chi connectivity index (χ0n) is 13.2. The van der Waals surface area contributed by atoms with Gasteiger partial charge in [0, 0.05) is 5.69 Å². The Balaban J connectivity index is 2.05. The van der Waals surface area contributed by atoms with Crippen LogP contribution in [0, 0.1) is 12.7 Å². The summed E-state index contributed by atoms with van der Waals surface area (Å²) in [6, 6.07) is 9.44. The summed E-state index contributed by atoms with van der Waals surface area (Å²) < 4.78 is 40.9. The van der Waals surface area contributed by atoms with E-state index in [1.165, 1.54) is 0 Å². The number of para-hydroxylation sites is 1. The Hall–Kier alpha value is -2.78. The number of carbonyl (C=O) groups excluding carboxylic acids is 2. The van der Waals surface area contributed by atoms with Crippen LogP contribution in [-0.2, 0) is 19.6 Å². The number of sulfonamides is 1. The molecular weight excluding hydrogens is 351 g/mol. The van der Waals surface area contributed by atoms with Crippen LogP contribution < -0.4 is 10.5 Å². The van der Waals surface area contributed by atoms with Crippen molar-refractivity contribution in [2.75, 3.05) is 11.9 Å². The average Bonchev–Trinajstić information content (AvgIpc) is 2.54. The number of halogens is 1. The zero-order valence-corrected chi connectivity index (χ0v) is 14.0. The number of hydrogen-bond acceptors (Lipinski definition) is 5. The second-order valence-electron chi connectivity index (χ2n) is 5.13. The van der Waals surface area contributed by atoms with Crippen molar-refractivity contribution >= 4 is 27.6 Å².